The molecule has 0 unspecified atom stereocenters. The number of esters is 2. The normalized spacial score (nSPS) is 11.5. The molecule has 0 radical (unpaired) electrons. The minimum atomic E-state index is -0.894. The first-order valence-electron chi connectivity index (χ1n) is 11.6. The van der Waals surface area contributed by atoms with E-state index in [1.54, 1.807) is 31.2 Å². The number of ether oxygens (including phenoxy) is 2. The number of para-hydroxylation sites is 1. The zero-order valence-electron chi connectivity index (χ0n) is 20.1. The fourth-order valence-electron chi connectivity index (χ4n) is 3.82. The van der Waals surface area contributed by atoms with Crippen molar-refractivity contribution >= 4 is 34.6 Å². The van der Waals surface area contributed by atoms with Gasteiger partial charge >= 0.3 is 11.9 Å². The van der Waals surface area contributed by atoms with Crippen molar-refractivity contribution in [1.29, 1.82) is 5.41 Å². The van der Waals surface area contributed by atoms with Crippen LogP contribution in [-0.4, -0.2) is 41.3 Å². The van der Waals surface area contributed by atoms with Crippen LogP contribution >= 0.6 is 0 Å². The minimum absolute atomic E-state index is 0.0848. The van der Waals surface area contributed by atoms with Gasteiger partial charge in [0.2, 0.25) is 0 Å². The van der Waals surface area contributed by atoms with E-state index >= 15 is 0 Å². The predicted molar refractivity (Wildman–Crippen MR) is 139 cm³/mol. The van der Waals surface area contributed by atoms with Gasteiger partial charge in [0.05, 0.1) is 12.2 Å². The van der Waals surface area contributed by atoms with Crippen LogP contribution in [0.4, 0.5) is 0 Å². The highest BCUT2D eigenvalue weighted by atomic mass is 16.5. The van der Waals surface area contributed by atoms with Crippen molar-refractivity contribution in [1.82, 2.24) is 10.3 Å². The molecule has 4 rings (SSSR count). The van der Waals surface area contributed by atoms with Gasteiger partial charge in [0, 0.05) is 34.6 Å². The van der Waals surface area contributed by atoms with Gasteiger partial charge in [0.15, 0.2) is 0 Å². The first kappa shape index (κ1) is 25.2. The lowest BCUT2D eigenvalue weighted by Gasteiger charge is -2.17. The smallest absolute Gasteiger partial charge is 0.343 e. The molecule has 1 amide bonds. The van der Waals surface area contributed by atoms with E-state index in [4.69, 9.17) is 20.6 Å². The Hall–Kier alpha value is -4.92. The van der Waals surface area contributed by atoms with Crippen LogP contribution in [0.25, 0.3) is 10.9 Å². The molecule has 0 saturated heterocycles. The second kappa shape index (κ2) is 11.2. The number of carbonyl (C=O) groups excluding carboxylic acids is 3. The van der Waals surface area contributed by atoms with E-state index in [1.165, 1.54) is 24.3 Å². The van der Waals surface area contributed by atoms with E-state index < -0.39 is 23.9 Å². The number of rotatable bonds is 9. The van der Waals surface area contributed by atoms with E-state index in [-0.39, 0.29) is 30.0 Å². The van der Waals surface area contributed by atoms with E-state index in [0.717, 1.165) is 16.5 Å². The molecule has 9 heteroatoms. The van der Waals surface area contributed by atoms with Crippen molar-refractivity contribution in [3.05, 3.63) is 101 Å². The summed E-state index contributed by atoms with van der Waals surface area (Å²) in [7, 11) is 0. The second-order valence-electron chi connectivity index (χ2n) is 8.25. The lowest BCUT2D eigenvalue weighted by atomic mass is 10.0. The maximum Gasteiger partial charge on any atom is 0.343 e. The highest BCUT2D eigenvalue weighted by molar-refractivity contribution is 5.99. The van der Waals surface area contributed by atoms with Gasteiger partial charge in [-0.3, -0.25) is 10.2 Å². The predicted octanol–water partition coefficient (Wildman–Crippen LogP) is 3.58. The van der Waals surface area contributed by atoms with E-state index in [2.05, 4.69) is 10.3 Å². The van der Waals surface area contributed by atoms with Crippen molar-refractivity contribution in [2.24, 2.45) is 5.73 Å². The number of benzene rings is 3. The summed E-state index contributed by atoms with van der Waals surface area (Å²) >= 11 is 0. The highest BCUT2D eigenvalue weighted by Gasteiger charge is 2.24. The van der Waals surface area contributed by atoms with Crippen molar-refractivity contribution in [2.75, 3.05) is 6.61 Å². The lowest BCUT2D eigenvalue weighted by Crippen LogP contribution is -2.43. The monoisotopic (exact) mass is 498 g/mol. The number of fused-ring (bicyclic) bond motifs is 1. The van der Waals surface area contributed by atoms with Crippen LogP contribution in [0.5, 0.6) is 5.75 Å². The first-order chi connectivity index (χ1) is 17.9. The zero-order chi connectivity index (χ0) is 26.4. The number of carbonyl (C=O) groups is 3. The van der Waals surface area contributed by atoms with Crippen LogP contribution < -0.4 is 15.8 Å². The van der Waals surface area contributed by atoms with Crippen LogP contribution in [0.1, 0.15) is 38.8 Å². The largest absolute Gasteiger partial charge is 0.464 e. The van der Waals surface area contributed by atoms with Gasteiger partial charge in [-0.1, -0.05) is 18.2 Å². The van der Waals surface area contributed by atoms with E-state index in [9.17, 15) is 14.4 Å². The average Bonchev–Trinajstić information content (AvgIpc) is 3.31. The molecule has 5 N–H and O–H groups in total. The number of amidine groups is 1. The number of hydrogen-bond donors (Lipinski definition) is 4. The van der Waals surface area contributed by atoms with Gasteiger partial charge in [-0.15, -0.1) is 0 Å². The fourth-order valence-corrected chi connectivity index (χ4v) is 3.82. The minimum Gasteiger partial charge on any atom is -0.464 e. The number of nitrogens with two attached hydrogens (primary N) is 1. The molecule has 1 heterocycles. The van der Waals surface area contributed by atoms with Crippen molar-refractivity contribution in [3.8, 4) is 5.75 Å². The summed E-state index contributed by atoms with van der Waals surface area (Å²) in [6, 6.07) is 19.0. The summed E-state index contributed by atoms with van der Waals surface area (Å²) in [4.78, 5) is 41.2. The third-order valence-corrected chi connectivity index (χ3v) is 5.73. The number of aromatic nitrogens is 1. The number of H-pyrrole nitrogens is 1. The Morgan fingerprint density at radius 3 is 2.27 bits per heavy atom. The molecule has 9 nitrogen and oxygen atoms in total. The van der Waals surface area contributed by atoms with Crippen molar-refractivity contribution in [2.45, 2.75) is 19.4 Å². The molecule has 37 heavy (non-hydrogen) atoms. The Kier molecular flexibility index (Phi) is 7.63. The number of amides is 1. The maximum absolute atomic E-state index is 12.9. The first-order valence-corrected chi connectivity index (χ1v) is 11.6. The number of aromatic amines is 1. The second-order valence-corrected chi connectivity index (χ2v) is 8.25. The summed E-state index contributed by atoms with van der Waals surface area (Å²) < 4.78 is 10.5. The van der Waals surface area contributed by atoms with Gasteiger partial charge in [0.25, 0.3) is 5.91 Å². The van der Waals surface area contributed by atoms with Crippen molar-refractivity contribution in [3.63, 3.8) is 0 Å². The van der Waals surface area contributed by atoms with Gasteiger partial charge in [-0.2, -0.15) is 0 Å². The summed E-state index contributed by atoms with van der Waals surface area (Å²) in [6.07, 6.45) is 2.07. The Morgan fingerprint density at radius 1 is 0.946 bits per heavy atom. The Balaban J connectivity index is 1.44. The average molecular weight is 499 g/mol. The Morgan fingerprint density at radius 2 is 1.59 bits per heavy atom. The van der Waals surface area contributed by atoms with Crippen LogP contribution in [-0.2, 0) is 16.0 Å². The molecule has 0 fully saturated rings. The molecule has 1 aromatic heterocycles. The maximum atomic E-state index is 12.9. The standard InChI is InChI=1S/C28H26N4O5/c1-2-36-28(35)24(15-20-16-31-23-6-4-3-5-22(20)23)32-26(33)18-7-9-19(10-8-18)27(34)37-21-13-11-17(12-14-21)25(29)30/h3-14,16,24,31H,2,15H2,1H3,(H3,29,30)(H,32,33)/t24-/m0/s1. The summed E-state index contributed by atoms with van der Waals surface area (Å²) in [6.45, 7) is 1.89. The zero-order valence-corrected chi connectivity index (χ0v) is 20.1. The molecule has 0 bridgehead atoms. The Bertz CT molecular complexity index is 1440. The third-order valence-electron chi connectivity index (χ3n) is 5.73. The fraction of sp³-hybridized carbons (Fsp3) is 0.143. The van der Waals surface area contributed by atoms with Crippen LogP contribution in [0.3, 0.4) is 0 Å². The molecule has 0 spiro atoms. The summed E-state index contributed by atoms with van der Waals surface area (Å²) in [5.41, 5.74) is 8.27. The molecule has 0 aliphatic carbocycles. The molecular formula is C28H26N4O5. The Labute approximate surface area is 213 Å². The number of nitrogens with one attached hydrogen (secondary N) is 3. The van der Waals surface area contributed by atoms with Gasteiger partial charge in [0.1, 0.15) is 17.6 Å². The number of nitrogen functional groups attached to an aromatic ring is 1. The van der Waals surface area contributed by atoms with Crippen molar-refractivity contribution < 1.29 is 23.9 Å². The van der Waals surface area contributed by atoms with E-state index in [0.29, 0.717) is 11.3 Å². The molecule has 3 aromatic carbocycles. The van der Waals surface area contributed by atoms with Crippen LogP contribution in [0.15, 0.2) is 79.0 Å². The van der Waals surface area contributed by atoms with Crippen LogP contribution in [0, 0.1) is 5.41 Å². The molecule has 4 aromatic rings. The lowest BCUT2D eigenvalue weighted by molar-refractivity contribution is -0.145. The highest BCUT2D eigenvalue weighted by Crippen LogP contribution is 2.20. The third kappa shape index (κ3) is 6.02. The molecule has 188 valence electrons. The van der Waals surface area contributed by atoms with Crippen LogP contribution in [0.2, 0.25) is 0 Å². The molecule has 0 aliphatic heterocycles. The SMILES string of the molecule is CCOC(=O)[C@H](Cc1c[nH]c2ccccc12)NC(=O)c1ccc(C(=O)Oc2ccc(C(=N)N)cc2)cc1. The molecule has 0 aliphatic rings. The molecule has 1 atom stereocenters. The topological polar surface area (TPSA) is 147 Å². The van der Waals surface area contributed by atoms with Gasteiger partial charge in [-0.25, -0.2) is 9.59 Å². The molecule has 0 saturated carbocycles. The summed E-state index contributed by atoms with van der Waals surface area (Å²) in [5.74, 6) is -1.40. The molecular weight excluding hydrogens is 472 g/mol. The van der Waals surface area contributed by atoms with Gasteiger partial charge in [-0.05, 0) is 67.1 Å². The number of hydrogen-bond acceptors (Lipinski definition) is 6. The van der Waals surface area contributed by atoms with Gasteiger partial charge < -0.3 is 25.5 Å². The van der Waals surface area contributed by atoms with E-state index in [1.807, 2.05) is 30.5 Å². The quantitative estimate of drug-likeness (QED) is 0.120. The summed E-state index contributed by atoms with van der Waals surface area (Å²) in [5, 5.41) is 11.1.